The van der Waals surface area contributed by atoms with Gasteiger partial charge in [0.05, 0.1) is 12.7 Å². The van der Waals surface area contributed by atoms with Gasteiger partial charge < -0.3 is 10.1 Å². The lowest BCUT2D eigenvalue weighted by Crippen LogP contribution is -2.33. The van der Waals surface area contributed by atoms with Crippen molar-refractivity contribution in [1.82, 2.24) is 19.8 Å². The van der Waals surface area contributed by atoms with Crippen LogP contribution >= 0.6 is 0 Å². The Bertz CT molecular complexity index is 487. The molecule has 0 amide bonds. The first-order valence-electron chi connectivity index (χ1n) is 6.74. The smallest absolute Gasteiger partial charge is 0.243 e. The molecule has 0 aliphatic rings. The molecule has 1 atom stereocenters. The Morgan fingerprint density at radius 3 is 2.90 bits per heavy atom. The van der Waals surface area contributed by atoms with Crippen molar-refractivity contribution >= 4 is 10.0 Å². The lowest BCUT2D eigenvalue weighted by Gasteiger charge is -2.12. The van der Waals surface area contributed by atoms with Gasteiger partial charge in [0.25, 0.3) is 0 Å². The van der Waals surface area contributed by atoms with E-state index in [-0.39, 0.29) is 10.9 Å². The Morgan fingerprint density at radius 2 is 2.25 bits per heavy atom. The summed E-state index contributed by atoms with van der Waals surface area (Å²) in [6, 6.07) is -0.176. The highest BCUT2D eigenvalue weighted by Gasteiger charge is 2.19. The average Bonchev–Trinajstić information content (AvgIpc) is 2.86. The molecule has 1 aromatic heterocycles. The van der Waals surface area contributed by atoms with Gasteiger partial charge in [-0.1, -0.05) is 6.92 Å². The molecule has 20 heavy (non-hydrogen) atoms. The maximum absolute atomic E-state index is 12.1. The van der Waals surface area contributed by atoms with Crippen LogP contribution < -0.4 is 10.0 Å². The molecule has 1 rings (SSSR count). The molecular weight excluding hydrogens is 280 g/mol. The fourth-order valence-electron chi connectivity index (χ4n) is 1.66. The molecule has 2 N–H and O–H groups in total. The molecule has 1 heterocycles. The van der Waals surface area contributed by atoms with Gasteiger partial charge >= 0.3 is 0 Å². The maximum atomic E-state index is 12.1. The molecule has 0 aliphatic heterocycles. The van der Waals surface area contributed by atoms with Crippen LogP contribution in [0.1, 0.15) is 20.3 Å². The van der Waals surface area contributed by atoms with Crippen molar-refractivity contribution in [1.29, 1.82) is 0 Å². The Kier molecular flexibility index (Phi) is 7.14. The maximum Gasteiger partial charge on any atom is 0.243 e. The van der Waals surface area contributed by atoms with Crippen molar-refractivity contribution in [2.45, 2.75) is 37.8 Å². The van der Waals surface area contributed by atoms with Gasteiger partial charge in [0.1, 0.15) is 4.90 Å². The summed E-state index contributed by atoms with van der Waals surface area (Å²) in [6.45, 7) is 6.63. The lowest BCUT2D eigenvalue weighted by molar-refractivity contribution is 0.188. The van der Waals surface area contributed by atoms with Crippen LogP contribution in [0.25, 0.3) is 0 Å². The normalized spacial score (nSPS) is 13.6. The van der Waals surface area contributed by atoms with Crippen LogP contribution in [0.2, 0.25) is 0 Å². The van der Waals surface area contributed by atoms with E-state index in [1.807, 2.05) is 13.8 Å². The second-order valence-electron chi connectivity index (χ2n) is 4.60. The number of likely N-dealkylation sites (N-methyl/N-ethyl adjacent to an activating group) is 1. The van der Waals surface area contributed by atoms with Crippen LogP contribution in [-0.2, 0) is 21.3 Å². The molecule has 0 saturated heterocycles. The fourth-order valence-corrected chi connectivity index (χ4v) is 2.89. The molecule has 0 spiro atoms. The van der Waals surface area contributed by atoms with Crippen molar-refractivity contribution in [3.8, 4) is 0 Å². The molecule has 0 saturated carbocycles. The first-order valence-corrected chi connectivity index (χ1v) is 8.22. The van der Waals surface area contributed by atoms with Gasteiger partial charge in [-0.3, -0.25) is 4.68 Å². The first kappa shape index (κ1) is 17.1. The average molecular weight is 304 g/mol. The molecule has 1 aromatic rings. The molecular formula is C12H24N4O3S. The van der Waals surface area contributed by atoms with E-state index in [2.05, 4.69) is 15.1 Å². The van der Waals surface area contributed by atoms with E-state index in [1.165, 1.54) is 6.20 Å². The number of hydrogen-bond acceptors (Lipinski definition) is 5. The van der Waals surface area contributed by atoms with Crippen molar-refractivity contribution in [3.63, 3.8) is 0 Å². The molecule has 1 unspecified atom stereocenters. The summed E-state index contributed by atoms with van der Waals surface area (Å²) in [7, 11) is -1.92. The Labute approximate surface area is 120 Å². The first-order chi connectivity index (χ1) is 9.49. The summed E-state index contributed by atoms with van der Waals surface area (Å²) in [5.41, 5.74) is 0. The van der Waals surface area contributed by atoms with Crippen LogP contribution in [0.3, 0.4) is 0 Å². The second-order valence-corrected chi connectivity index (χ2v) is 6.31. The quantitative estimate of drug-likeness (QED) is 0.603. The number of sulfonamides is 1. The third-order valence-electron chi connectivity index (χ3n) is 2.80. The lowest BCUT2D eigenvalue weighted by atomic mass is 10.3. The number of rotatable bonds is 10. The number of methoxy groups -OCH3 is 1. The van der Waals surface area contributed by atoms with Crippen molar-refractivity contribution in [3.05, 3.63) is 12.4 Å². The minimum atomic E-state index is -3.51. The Balaban J connectivity index is 2.59. The van der Waals surface area contributed by atoms with Gasteiger partial charge in [0.2, 0.25) is 10.0 Å². The third-order valence-corrected chi connectivity index (χ3v) is 4.34. The van der Waals surface area contributed by atoms with Gasteiger partial charge in [0.15, 0.2) is 0 Å². The van der Waals surface area contributed by atoms with Gasteiger partial charge in [-0.05, 0) is 19.9 Å². The summed E-state index contributed by atoms with van der Waals surface area (Å²) >= 11 is 0. The number of aromatic nitrogens is 2. The van der Waals surface area contributed by atoms with E-state index >= 15 is 0 Å². The molecule has 0 radical (unpaired) electrons. The molecule has 8 heteroatoms. The SMILES string of the molecule is CCNCCn1cc(S(=O)(=O)NC(C)CCOC)cn1. The van der Waals surface area contributed by atoms with Crippen LogP contribution in [0, 0.1) is 0 Å². The molecule has 0 bridgehead atoms. The fraction of sp³-hybridized carbons (Fsp3) is 0.750. The van der Waals surface area contributed by atoms with Crippen LogP contribution in [-0.4, -0.2) is 51.0 Å². The van der Waals surface area contributed by atoms with Crippen LogP contribution in [0.4, 0.5) is 0 Å². The standard InChI is InChI=1S/C12H24N4O3S/c1-4-13-6-7-16-10-12(9-14-16)20(17,18)15-11(2)5-8-19-3/h9-11,13,15H,4-8H2,1-3H3. The zero-order chi connectivity index (χ0) is 15.0. The van der Waals surface area contributed by atoms with Crippen LogP contribution in [0.5, 0.6) is 0 Å². The van der Waals surface area contributed by atoms with Gasteiger partial charge in [-0.15, -0.1) is 0 Å². The van der Waals surface area contributed by atoms with Gasteiger partial charge in [-0.2, -0.15) is 5.10 Å². The van der Waals surface area contributed by atoms with Crippen LogP contribution in [0.15, 0.2) is 17.3 Å². The number of ether oxygens (including phenoxy) is 1. The van der Waals surface area contributed by atoms with E-state index in [9.17, 15) is 8.42 Å². The van der Waals surface area contributed by atoms with Crippen molar-refractivity contribution in [2.24, 2.45) is 0 Å². The number of nitrogens with one attached hydrogen (secondary N) is 2. The molecule has 0 aromatic carbocycles. The van der Waals surface area contributed by atoms with E-state index in [4.69, 9.17) is 4.74 Å². The number of hydrogen-bond donors (Lipinski definition) is 2. The second kappa shape index (κ2) is 8.35. The van der Waals surface area contributed by atoms with E-state index < -0.39 is 10.0 Å². The predicted molar refractivity (Wildman–Crippen MR) is 77.0 cm³/mol. The Hall–Kier alpha value is -0.960. The monoisotopic (exact) mass is 304 g/mol. The summed E-state index contributed by atoms with van der Waals surface area (Å²) < 4.78 is 33.4. The van der Waals surface area contributed by atoms with Gasteiger partial charge in [0, 0.05) is 32.5 Å². The number of nitrogens with zero attached hydrogens (tertiary/aromatic N) is 2. The largest absolute Gasteiger partial charge is 0.385 e. The van der Waals surface area contributed by atoms with Gasteiger partial charge in [-0.25, -0.2) is 13.1 Å². The third kappa shape index (κ3) is 5.58. The zero-order valence-corrected chi connectivity index (χ0v) is 13.1. The summed E-state index contributed by atoms with van der Waals surface area (Å²) in [5, 5.41) is 7.22. The minimum Gasteiger partial charge on any atom is -0.385 e. The summed E-state index contributed by atoms with van der Waals surface area (Å²) in [5.74, 6) is 0. The molecule has 0 aliphatic carbocycles. The highest BCUT2D eigenvalue weighted by Crippen LogP contribution is 2.08. The minimum absolute atomic E-state index is 0.176. The van der Waals surface area contributed by atoms with E-state index in [0.29, 0.717) is 19.6 Å². The molecule has 0 fully saturated rings. The summed E-state index contributed by atoms with van der Waals surface area (Å²) in [6.07, 6.45) is 3.55. The van der Waals surface area contributed by atoms with E-state index in [1.54, 1.807) is 18.0 Å². The van der Waals surface area contributed by atoms with Crippen molar-refractivity contribution < 1.29 is 13.2 Å². The molecule has 116 valence electrons. The van der Waals surface area contributed by atoms with Crippen molar-refractivity contribution in [2.75, 3.05) is 26.8 Å². The topological polar surface area (TPSA) is 85.2 Å². The Morgan fingerprint density at radius 1 is 1.50 bits per heavy atom. The predicted octanol–water partition coefficient (Wildman–Crippen LogP) is 0.196. The zero-order valence-electron chi connectivity index (χ0n) is 12.3. The molecule has 7 nitrogen and oxygen atoms in total. The summed E-state index contributed by atoms with van der Waals surface area (Å²) in [4.78, 5) is 0.193. The highest BCUT2D eigenvalue weighted by molar-refractivity contribution is 7.89. The van der Waals surface area contributed by atoms with E-state index in [0.717, 1.165) is 13.1 Å². The highest BCUT2D eigenvalue weighted by atomic mass is 32.2.